The molecule has 1 amide bonds. The fourth-order valence-electron chi connectivity index (χ4n) is 4.51. The Kier molecular flexibility index (Phi) is 5.56. The molecule has 178 valence electrons. The van der Waals surface area contributed by atoms with Crippen LogP contribution in [0.1, 0.15) is 17.2 Å². The van der Waals surface area contributed by atoms with E-state index in [9.17, 15) is 19.8 Å². The largest absolute Gasteiger partial charge is 0.508 e. The number of ketones is 1. The first-order valence-electron chi connectivity index (χ1n) is 11.1. The predicted octanol–water partition coefficient (Wildman–Crippen LogP) is 3.86. The number of likely N-dealkylation sites (N-methyl/N-ethyl adjacent to an activating group) is 1. The monoisotopic (exact) mass is 472 g/mol. The van der Waals surface area contributed by atoms with Crippen molar-refractivity contribution >= 4 is 28.8 Å². The van der Waals surface area contributed by atoms with Gasteiger partial charge in [-0.2, -0.15) is 0 Å². The standard InChI is InChI=1S/C27H24N2O6/c1-28-12-13-35-22-11-6-17(15-21(22)28)25(31)23-24(16-4-3-5-19(30)14-16)29(27(33)26(23)32)18-7-9-20(34-2)10-8-18/h3-11,14-15,24,30-31H,12-13H2,1-2H3/b25-23-. The van der Waals surface area contributed by atoms with Gasteiger partial charge < -0.3 is 24.6 Å². The van der Waals surface area contributed by atoms with Gasteiger partial charge in [-0.25, -0.2) is 0 Å². The first-order chi connectivity index (χ1) is 16.9. The number of aliphatic hydroxyl groups is 1. The smallest absolute Gasteiger partial charge is 0.300 e. The number of aromatic hydroxyl groups is 1. The molecule has 2 N–H and O–H groups in total. The summed E-state index contributed by atoms with van der Waals surface area (Å²) in [6.45, 7) is 1.24. The lowest BCUT2D eigenvalue weighted by atomic mass is 9.94. The molecule has 0 radical (unpaired) electrons. The number of nitrogens with zero attached hydrogens (tertiary/aromatic N) is 2. The SMILES string of the molecule is COc1ccc(N2C(=O)C(=O)/C(=C(\O)c3ccc4c(c3)N(C)CCO4)C2c2cccc(O)c2)cc1. The third-order valence-corrected chi connectivity index (χ3v) is 6.31. The molecule has 0 aliphatic carbocycles. The van der Waals surface area contributed by atoms with Crippen LogP contribution in [0.15, 0.2) is 72.3 Å². The van der Waals surface area contributed by atoms with E-state index in [2.05, 4.69) is 0 Å². The minimum Gasteiger partial charge on any atom is -0.508 e. The molecule has 1 saturated heterocycles. The topological polar surface area (TPSA) is 99.5 Å². The number of benzene rings is 3. The van der Waals surface area contributed by atoms with Crippen LogP contribution < -0.4 is 19.3 Å². The van der Waals surface area contributed by atoms with Crippen molar-refractivity contribution in [3.8, 4) is 17.2 Å². The number of ether oxygens (including phenoxy) is 2. The van der Waals surface area contributed by atoms with E-state index in [0.29, 0.717) is 41.5 Å². The van der Waals surface area contributed by atoms with E-state index in [1.165, 1.54) is 24.1 Å². The van der Waals surface area contributed by atoms with Crippen LogP contribution in [0.5, 0.6) is 17.2 Å². The highest BCUT2D eigenvalue weighted by Crippen LogP contribution is 2.44. The fourth-order valence-corrected chi connectivity index (χ4v) is 4.51. The molecule has 1 unspecified atom stereocenters. The number of hydrogen-bond donors (Lipinski definition) is 2. The van der Waals surface area contributed by atoms with Gasteiger partial charge in [0.2, 0.25) is 0 Å². The zero-order valence-corrected chi connectivity index (χ0v) is 19.3. The summed E-state index contributed by atoms with van der Waals surface area (Å²) >= 11 is 0. The number of phenolic OH excluding ortho intramolecular Hbond substituents is 1. The third-order valence-electron chi connectivity index (χ3n) is 6.31. The first-order valence-corrected chi connectivity index (χ1v) is 11.1. The number of carbonyl (C=O) groups is 2. The maximum atomic E-state index is 13.3. The summed E-state index contributed by atoms with van der Waals surface area (Å²) in [6, 6.07) is 17.2. The molecule has 2 heterocycles. The van der Waals surface area contributed by atoms with Crippen molar-refractivity contribution in [3.63, 3.8) is 0 Å². The van der Waals surface area contributed by atoms with E-state index in [-0.39, 0.29) is 17.1 Å². The highest BCUT2D eigenvalue weighted by Gasteiger charge is 2.47. The van der Waals surface area contributed by atoms with Gasteiger partial charge in [0.05, 0.1) is 31.0 Å². The quantitative estimate of drug-likeness (QED) is 0.338. The molecule has 1 atom stereocenters. The number of phenols is 1. The summed E-state index contributed by atoms with van der Waals surface area (Å²) in [7, 11) is 3.45. The van der Waals surface area contributed by atoms with Gasteiger partial charge in [-0.3, -0.25) is 14.5 Å². The Morgan fingerprint density at radius 2 is 1.83 bits per heavy atom. The summed E-state index contributed by atoms with van der Waals surface area (Å²) in [5.41, 5.74) is 2.05. The lowest BCUT2D eigenvalue weighted by molar-refractivity contribution is -0.132. The van der Waals surface area contributed by atoms with E-state index >= 15 is 0 Å². The Hall–Kier alpha value is -4.46. The minimum atomic E-state index is -0.944. The summed E-state index contributed by atoms with van der Waals surface area (Å²) in [5, 5.41) is 21.5. The number of amides is 1. The second-order valence-electron chi connectivity index (χ2n) is 8.41. The molecule has 2 aliphatic heterocycles. The number of hydrogen-bond acceptors (Lipinski definition) is 7. The second-order valence-corrected chi connectivity index (χ2v) is 8.41. The molecule has 8 heteroatoms. The maximum Gasteiger partial charge on any atom is 0.300 e. The van der Waals surface area contributed by atoms with Crippen LogP contribution in [0.25, 0.3) is 5.76 Å². The van der Waals surface area contributed by atoms with Gasteiger partial charge in [0.1, 0.15) is 29.6 Å². The van der Waals surface area contributed by atoms with Gasteiger partial charge in [-0.05, 0) is 60.2 Å². The van der Waals surface area contributed by atoms with Crippen LogP contribution in [0.3, 0.4) is 0 Å². The van der Waals surface area contributed by atoms with E-state index in [0.717, 1.165) is 5.69 Å². The fraction of sp³-hybridized carbons (Fsp3) is 0.185. The van der Waals surface area contributed by atoms with Gasteiger partial charge in [0.25, 0.3) is 11.7 Å². The molecular formula is C27H24N2O6. The van der Waals surface area contributed by atoms with Gasteiger partial charge >= 0.3 is 0 Å². The molecular weight excluding hydrogens is 448 g/mol. The molecule has 2 aliphatic rings. The number of anilines is 2. The molecule has 5 rings (SSSR count). The average Bonchev–Trinajstić information content (AvgIpc) is 3.14. The van der Waals surface area contributed by atoms with Crippen molar-refractivity contribution < 1.29 is 29.3 Å². The Morgan fingerprint density at radius 1 is 1.06 bits per heavy atom. The minimum absolute atomic E-state index is 0.0182. The molecule has 35 heavy (non-hydrogen) atoms. The van der Waals surface area contributed by atoms with Crippen molar-refractivity contribution in [1.82, 2.24) is 0 Å². The van der Waals surface area contributed by atoms with Crippen LogP contribution in [-0.2, 0) is 9.59 Å². The van der Waals surface area contributed by atoms with Gasteiger partial charge in [0.15, 0.2) is 0 Å². The van der Waals surface area contributed by atoms with Gasteiger partial charge in [-0.1, -0.05) is 12.1 Å². The average molecular weight is 472 g/mol. The Morgan fingerprint density at radius 3 is 2.54 bits per heavy atom. The second kappa shape index (κ2) is 8.72. The van der Waals surface area contributed by atoms with Crippen LogP contribution in [0.2, 0.25) is 0 Å². The van der Waals surface area contributed by atoms with Crippen LogP contribution in [0.4, 0.5) is 11.4 Å². The van der Waals surface area contributed by atoms with Crippen molar-refractivity contribution in [2.45, 2.75) is 6.04 Å². The lowest BCUT2D eigenvalue weighted by Crippen LogP contribution is -2.29. The summed E-state index contributed by atoms with van der Waals surface area (Å²) < 4.78 is 10.9. The predicted molar refractivity (Wildman–Crippen MR) is 131 cm³/mol. The number of Topliss-reactive ketones (excluding diaryl/α,β-unsaturated/α-hetero) is 1. The normalized spacial score (nSPS) is 18.9. The molecule has 1 fully saturated rings. The van der Waals surface area contributed by atoms with Gasteiger partial charge in [0, 0.05) is 18.3 Å². The Balaban J connectivity index is 1.69. The van der Waals surface area contributed by atoms with E-state index in [4.69, 9.17) is 9.47 Å². The number of rotatable bonds is 4. The highest BCUT2D eigenvalue weighted by atomic mass is 16.5. The van der Waals surface area contributed by atoms with E-state index < -0.39 is 17.7 Å². The van der Waals surface area contributed by atoms with Crippen molar-refractivity contribution in [2.24, 2.45) is 0 Å². The molecule has 0 saturated carbocycles. The zero-order chi connectivity index (χ0) is 24.7. The van der Waals surface area contributed by atoms with E-state index in [1.807, 2.05) is 11.9 Å². The van der Waals surface area contributed by atoms with Crippen molar-refractivity contribution in [3.05, 3.63) is 83.4 Å². The number of aliphatic hydroxyl groups excluding tert-OH is 1. The number of carbonyl (C=O) groups excluding carboxylic acids is 2. The molecule has 0 aromatic heterocycles. The Labute approximate surface area is 202 Å². The molecule has 0 spiro atoms. The summed E-state index contributed by atoms with van der Waals surface area (Å²) in [5.74, 6) is -0.625. The van der Waals surface area contributed by atoms with E-state index in [1.54, 1.807) is 54.6 Å². The first kappa shape index (κ1) is 22.3. The molecule has 3 aromatic carbocycles. The van der Waals surface area contributed by atoms with Crippen molar-refractivity contribution in [1.29, 1.82) is 0 Å². The van der Waals surface area contributed by atoms with Crippen LogP contribution >= 0.6 is 0 Å². The Bertz CT molecular complexity index is 1350. The van der Waals surface area contributed by atoms with Crippen molar-refractivity contribution in [2.75, 3.05) is 37.1 Å². The third kappa shape index (κ3) is 3.82. The molecule has 8 nitrogen and oxygen atoms in total. The highest BCUT2D eigenvalue weighted by molar-refractivity contribution is 6.51. The van der Waals surface area contributed by atoms with Crippen LogP contribution in [0, 0.1) is 0 Å². The number of methoxy groups -OCH3 is 1. The van der Waals surface area contributed by atoms with Gasteiger partial charge in [-0.15, -0.1) is 0 Å². The maximum absolute atomic E-state index is 13.3. The zero-order valence-electron chi connectivity index (χ0n) is 19.3. The number of fused-ring (bicyclic) bond motifs is 1. The lowest BCUT2D eigenvalue weighted by Gasteiger charge is -2.28. The molecule has 3 aromatic rings. The van der Waals surface area contributed by atoms with Crippen LogP contribution in [-0.4, -0.2) is 49.2 Å². The summed E-state index contributed by atoms with van der Waals surface area (Å²) in [6.07, 6.45) is 0. The summed E-state index contributed by atoms with van der Waals surface area (Å²) in [4.78, 5) is 29.9. The molecule has 0 bridgehead atoms.